The zero-order valence-electron chi connectivity index (χ0n) is 16.1. The van der Waals surface area contributed by atoms with Crippen molar-refractivity contribution in [2.24, 2.45) is 0 Å². The molecule has 1 aromatic carbocycles. The second-order valence-electron chi connectivity index (χ2n) is 6.90. The Labute approximate surface area is 160 Å². The summed E-state index contributed by atoms with van der Waals surface area (Å²) in [6.07, 6.45) is 7.15. The maximum absolute atomic E-state index is 12.4. The highest BCUT2D eigenvalue weighted by Crippen LogP contribution is 2.21. The monoisotopic (exact) mass is 375 g/mol. The fraction of sp³-hybridized carbons (Fsp3) is 0.550. The summed E-state index contributed by atoms with van der Waals surface area (Å²) in [4.78, 5) is 35.0. The Morgan fingerprint density at radius 1 is 0.963 bits per heavy atom. The molecule has 1 fully saturated rings. The SMILES string of the molecule is CC(=O)Nc1cc(NC(C)=O)cc(C(=O)NCCCOC2CCCCC2)c1. The Morgan fingerprint density at radius 3 is 2.11 bits per heavy atom. The lowest BCUT2D eigenvalue weighted by Crippen LogP contribution is -2.26. The van der Waals surface area contributed by atoms with Crippen LogP contribution in [0.4, 0.5) is 11.4 Å². The standard InChI is InChI=1S/C20H29N3O4/c1-14(24)22-17-11-16(12-18(13-17)23-15(2)25)20(26)21-9-6-10-27-19-7-4-3-5-8-19/h11-13,19H,3-10H2,1-2H3,(H,21,26)(H,22,24)(H,23,25). The Hall–Kier alpha value is -2.41. The van der Waals surface area contributed by atoms with Crippen LogP contribution in [0.15, 0.2) is 18.2 Å². The first-order chi connectivity index (χ1) is 12.9. The van der Waals surface area contributed by atoms with Crippen LogP contribution in [0.3, 0.4) is 0 Å². The van der Waals surface area contributed by atoms with E-state index in [9.17, 15) is 14.4 Å². The Kier molecular flexibility index (Phi) is 8.26. The van der Waals surface area contributed by atoms with E-state index in [-0.39, 0.29) is 17.7 Å². The van der Waals surface area contributed by atoms with Gasteiger partial charge in [-0.2, -0.15) is 0 Å². The second-order valence-corrected chi connectivity index (χ2v) is 6.90. The molecule has 148 valence electrons. The van der Waals surface area contributed by atoms with Crippen LogP contribution >= 0.6 is 0 Å². The largest absolute Gasteiger partial charge is 0.378 e. The van der Waals surface area contributed by atoms with E-state index in [0.717, 1.165) is 19.3 Å². The van der Waals surface area contributed by atoms with Gasteiger partial charge < -0.3 is 20.7 Å². The van der Waals surface area contributed by atoms with Crippen molar-refractivity contribution in [2.45, 2.75) is 58.5 Å². The molecule has 0 spiro atoms. The van der Waals surface area contributed by atoms with Gasteiger partial charge >= 0.3 is 0 Å². The molecule has 7 heteroatoms. The van der Waals surface area contributed by atoms with Gasteiger partial charge in [0.05, 0.1) is 6.10 Å². The molecule has 1 aliphatic rings. The summed E-state index contributed by atoms with van der Waals surface area (Å²) in [6, 6.07) is 4.78. The van der Waals surface area contributed by atoms with Crippen LogP contribution in [0, 0.1) is 0 Å². The molecule has 0 radical (unpaired) electrons. The summed E-state index contributed by atoms with van der Waals surface area (Å²) in [5.74, 6) is -0.756. The van der Waals surface area contributed by atoms with E-state index in [0.29, 0.717) is 36.2 Å². The summed E-state index contributed by atoms with van der Waals surface area (Å²) in [5, 5.41) is 8.13. The van der Waals surface area contributed by atoms with Crippen LogP contribution < -0.4 is 16.0 Å². The van der Waals surface area contributed by atoms with Gasteiger partial charge in [0.25, 0.3) is 5.91 Å². The summed E-state index contributed by atoms with van der Waals surface area (Å²) in [7, 11) is 0. The highest BCUT2D eigenvalue weighted by Gasteiger charge is 2.13. The average Bonchev–Trinajstić information content (AvgIpc) is 2.60. The molecule has 1 aromatic rings. The van der Waals surface area contributed by atoms with Crippen molar-refractivity contribution >= 4 is 29.1 Å². The molecule has 0 heterocycles. The summed E-state index contributed by atoms with van der Waals surface area (Å²) < 4.78 is 5.85. The summed E-state index contributed by atoms with van der Waals surface area (Å²) in [5.41, 5.74) is 1.29. The summed E-state index contributed by atoms with van der Waals surface area (Å²) in [6.45, 7) is 3.91. The van der Waals surface area contributed by atoms with Gasteiger partial charge in [0.1, 0.15) is 0 Å². The third kappa shape index (κ3) is 7.78. The Balaban J connectivity index is 1.85. The van der Waals surface area contributed by atoms with E-state index in [1.54, 1.807) is 18.2 Å². The first-order valence-corrected chi connectivity index (χ1v) is 9.54. The molecule has 3 amide bonds. The maximum Gasteiger partial charge on any atom is 0.251 e. The van der Waals surface area contributed by atoms with Crippen LogP contribution in [0.25, 0.3) is 0 Å². The molecule has 1 saturated carbocycles. The van der Waals surface area contributed by atoms with Crippen LogP contribution in [0.5, 0.6) is 0 Å². The number of nitrogens with one attached hydrogen (secondary N) is 3. The third-order valence-corrected chi connectivity index (χ3v) is 4.35. The molecule has 7 nitrogen and oxygen atoms in total. The quantitative estimate of drug-likeness (QED) is 0.608. The van der Waals surface area contributed by atoms with E-state index < -0.39 is 0 Å². The minimum atomic E-state index is -0.258. The minimum Gasteiger partial charge on any atom is -0.378 e. The zero-order chi connectivity index (χ0) is 19.6. The fourth-order valence-corrected chi connectivity index (χ4v) is 3.17. The summed E-state index contributed by atoms with van der Waals surface area (Å²) >= 11 is 0. The van der Waals surface area contributed by atoms with E-state index in [1.807, 2.05) is 0 Å². The molecule has 0 bridgehead atoms. The zero-order valence-corrected chi connectivity index (χ0v) is 16.1. The van der Waals surface area contributed by atoms with Gasteiger partial charge in [0.2, 0.25) is 11.8 Å². The van der Waals surface area contributed by atoms with E-state index in [1.165, 1.54) is 33.1 Å². The van der Waals surface area contributed by atoms with Crippen LogP contribution in [-0.4, -0.2) is 37.0 Å². The maximum atomic E-state index is 12.4. The van der Waals surface area contributed by atoms with Crippen molar-refractivity contribution in [1.82, 2.24) is 5.32 Å². The van der Waals surface area contributed by atoms with Crippen LogP contribution in [0.2, 0.25) is 0 Å². The molecular formula is C20H29N3O4. The predicted molar refractivity (Wildman–Crippen MR) is 105 cm³/mol. The molecule has 3 N–H and O–H groups in total. The molecule has 1 aliphatic carbocycles. The Bertz CT molecular complexity index is 635. The molecule has 0 aliphatic heterocycles. The highest BCUT2D eigenvalue weighted by atomic mass is 16.5. The van der Waals surface area contributed by atoms with E-state index in [4.69, 9.17) is 4.74 Å². The van der Waals surface area contributed by atoms with E-state index in [2.05, 4.69) is 16.0 Å². The van der Waals surface area contributed by atoms with Gasteiger partial charge in [0.15, 0.2) is 0 Å². The van der Waals surface area contributed by atoms with E-state index >= 15 is 0 Å². The predicted octanol–water partition coefficient (Wildman–Crippen LogP) is 3.07. The van der Waals surface area contributed by atoms with Gasteiger partial charge in [-0.15, -0.1) is 0 Å². The molecule has 0 unspecified atom stereocenters. The van der Waals surface area contributed by atoms with Crippen molar-refractivity contribution in [1.29, 1.82) is 0 Å². The molecule has 27 heavy (non-hydrogen) atoms. The normalized spacial score (nSPS) is 14.4. The average molecular weight is 375 g/mol. The van der Waals surface area contributed by atoms with Gasteiger partial charge in [-0.05, 0) is 37.5 Å². The minimum absolute atomic E-state index is 0.249. The molecule has 0 aromatic heterocycles. The van der Waals surface area contributed by atoms with Gasteiger partial charge in [-0.3, -0.25) is 14.4 Å². The second kappa shape index (κ2) is 10.7. The Morgan fingerprint density at radius 2 is 1.56 bits per heavy atom. The highest BCUT2D eigenvalue weighted by molar-refractivity contribution is 5.99. The molecule has 2 rings (SSSR count). The van der Waals surface area contributed by atoms with Crippen molar-refractivity contribution in [2.75, 3.05) is 23.8 Å². The number of carbonyl (C=O) groups is 3. The third-order valence-electron chi connectivity index (χ3n) is 4.35. The first-order valence-electron chi connectivity index (χ1n) is 9.54. The van der Waals surface area contributed by atoms with Crippen molar-refractivity contribution < 1.29 is 19.1 Å². The van der Waals surface area contributed by atoms with Crippen LogP contribution in [0.1, 0.15) is 62.7 Å². The first kappa shape index (κ1) is 20.9. The molecular weight excluding hydrogens is 346 g/mol. The van der Waals surface area contributed by atoms with Gasteiger partial charge in [-0.25, -0.2) is 0 Å². The lowest BCUT2D eigenvalue weighted by molar-refractivity contribution is -0.115. The number of benzene rings is 1. The van der Waals surface area contributed by atoms with Gasteiger partial charge in [0, 0.05) is 43.9 Å². The lowest BCUT2D eigenvalue weighted by Gasteiger charge is -2.21. The van der Waals surface area contributed by atoms with Crippen molar-refractivity contribution in [3.05, 3.63) is 23.8 Å². The number of rotatable bonds is 8. The number of carbonyl (C=O) groups excluding carboxylic acids is 3. The number of ether oxygens (including phenoxy) is 1. The molecule has 0 atom stereocenters. The van der Waals surface area contributed by atoms with Gasteiger partial charge in [-0.1, -0.05) is 19.3 Å². The molecule has 0 saturated heterocycles. The number of anilines is 2. The smallest absolute Gasteiger partial charge is 0.251 e. The van der Waals surface area contributed by atoms with Crippen molar-refractivity contribution in [3.63, 3.8) is 0 Å². The fourth-order valence-electron chi connectivity index (χ4n) is 3.17. The van der Waals surface area contributed by atoms with Crippen LogP contribution in [-0.2, 0) is 14.3 Å². The lowest BCUT2D eigenvalue weighted by atomic mass is 9.98. The number of hydrogen-bond acceptors (Lipinski definition) is 4. The number of amides is 3. The topological polar surface area (TPSA) is 96.5 Å². The number of hydrogen-bond donors (Lipinski definition) is 3. The van der Waals surface area contributed by atoms with Crippen molar-refractivity contribution in [3.8, 4) is 0 Å².